The molecule has 3 aromatic rings. The van der Waals surface area contributed by atoms with E-state index in [2.05, 4.69) is 15.6 Å². The molecule has 0 bridgehead atoms. The Morgan fingerprint density at radius 1 is 1.11 bits per heavy atom. The zero-order valence-corrected chi connectivity index (χ0v) is 16.2. The summed E-state index contributed by atoms with van der Waals surface area (Å²) in [6.45, 7) is 0. The molecule has 9 heteroatoms. The van der Waals surface area contributed by atoms with E-state index in [9.17, 15) is 13.2 Å². The van der Waals surface area contributed by atoms with Crippen molar-refractivity contribution in [3.05, 3.63) is 59.6 Å². The van der Waals surface area contributed by atoms with E-state index in [4.69, 9.17) is 4.74 Å². The molecule has 0 unspecified atom stereocenters. The number of hydrogen-bond acceptors (Lipinski definition) is 7. The molecule has 0 saturated carbocycles. The summed E-state index contributed by atoms with van der Waals surface area (Å²) >= 11 is 1.27. The molecule has 2 N–H and O–H groups in total. The predicted molar refractivity (Wildman–Crippen MR) is 106 cm³/mol. The maximum absolute atomic E-state index is 12.3. The van der Waals surface area contributed by atoms with E-state index >= 15 is 0 Å². The second kappa shape index (κ2) is 7.77. The van der Waals surface area contributed by atoms with Crippen LogP contribution >= 0.6 is 11.3 Å². The second-order valence-electron chi connectivity index (χ2n) is 5.65. The van der Waals surface area contributed by atoms with Gasteiger partial charge in [0.05, 0.1) is 12.0 Å². The van der Waals surface area contributed by atoms with Crippen molar-refractivity contribution in [2.24, 2.45) is 0 Å². The van der Waals surface area contributed by atoms with Crippen LogP contribution in [0.1, 0.15) is 10.5 Å². The van der Waals surface area contributed by atoms with Crippen LogP contribution in [-0.4, -0.2) is 32.7 Å². The van der Waals surface area contributed by atoms with Gasteiger partial charge in [-0.2, -0.15) is 0 Å². The number of carbonyl (C=O) groups excluding carboxylic acids is 1. The number of nitrogens with one attached hydrogen (secondary N) is 2. The van der Waals surface area contributed by atoms with Crippen LogP contribution < -0.4 is 15.4 Å². The van der Waals surface area contributed by atoms with E-state index in [-0.39, 0.29) is 16.5 Å². The van der Waals surface area contributed by atoms with Crippen molar-refractivity contribution >= 4 is 43.6 Å². The van der Waals surface area contributed by atoms with Crippen molar-refractivity contribution in [1.29, 1.82) is 0 Å². The van der Waals surface area contributed by atoms with Crippen molar-refractivity contribution in [2.75, 3.05) is 24.0 Å². The first kappa shape index (κ1) is 18.9. The minimum atomic E-state index is -3.24. The van der Waals surface area contributed by atoms with Gasteiger partial charge in [-0.3, -0.25) is 4.79 Å². The fourth-order valence-corrected chi connectivity index (χ4v) is 3.58. The maximum atomic E-state index is 12.3. The number of carbonyl (C=O) groups is 1. The molecule has 0 radical (unpaired) electrons. The first-order valence-corrected chi connectivity index (χ1v) is 10.6. The predicted octanol–water partition coefficient (Wildman–Crippen LogP) is 3.55. The quantitative estimate of drug-likeness (QED) is 0.653. The van der Waals surface area contributed by atoms with E-state index in [0.717, 1.165) is 6.26 Å². The summed E-state index contributed by atoms with van der Waals surface area (Å²) in [6.07, 6.45) is 1.16. The van der Waals surface area contributed by atoms with Crippen molar-refractivity contribution in [3.8, 4) is 5.75 Å². The Labute approximate surface area is 161 Å². The summed E-state index contributed by atoms with van der Waals surface area (Å²) in [6, 6.07) is 13.4. The molecule has 140 valence electrons. The molecule has 0 atom stereocenters. The number of methoxy groups -OCH3 is 1. The monoisotopic (exact) mass is 403 g/mol. The van der Waals surface area contributed by atoms with Gasteiger partial charge in [0, 0.05) is 29.1 Å². The van der Waals surface area contributed by atoms with Crippen LogP contribution in [0, 0.1) is 0 Å². The molecule has 3 rings (SSSR count). The Hall–Kier alpha value is -2.91. The Morgan fingerprint density at radius 2 is 1.85 bits per heavy atom. The summed E-state index contributed by atoms with van der Waals surface area (Å²) in [4.78, 5) is 16.8. The van der Waals surface area contributed by atoms with Crippen LogP contribution in [0.5, 0.6) is 5.75 Å². The first-order chi connectivity index (χ1) is 12.8. The number of aromatic nitrogens is 1. The van der Waals surface area contributed by atoms with Crippen LogP contribution in [0.25, 0.3) is 0 Å². The zero-order valence-electron chi connectivity index (χ0n) is 14.6. The van der Waals surface area contributed by atoms with Gasteiger partial charge in [0.25, 0.3) is 5.91 Å². The van der Waals surface area contributed by atoms with Gasteiger partial charge < -0.3 is 15.4 Å². The summed E-state index contributed by atoms with van der Waals surface area (Å²) in [5.41, 5.74) is 1.56. The lowest BCUT2D eigenvalue weighted by Crippen LogP contribution is -2.12. The lowest BCUT2D eigenvalue weighted by atomic mass is 10.3. The van der Waals surface area contributed by atoms with Gasteiger partial charge in [-0.1, -0.05) is 6.07 Å². The standard InChI is InChI=1S/C18H17N3O4S2/c1-25-14-5-3-4-13(10-14)19-17(22)16-11-26-18(21-16)20-12-6-8-15(9-7-12)27(2,23)24/h3-11H,1-2H3,(H,19,22)(H,20,21). The molecule has 1 heterocycles. The molecule has 7 nitrogen and oxygen atoms in total. The number of rotatable bonds is 6. The molecule has 0 fully saturated rings. The lowest BCUT2D eigenvalue weighted by Gasteiger charge is -2.05. The van der Waals surface area contributed by atoms with Crippen molar-refractivity contribution in [1.82, 2.24) is 4.98 Å². The van der Waals surface area contributed by atoms with Gasteiger partial charge in [-0.05, 0) is 36.4 Å². The summed E-state index contributed by atoms with van der Waals surface area (Å²) in [5.74, 6) is 0.311. The molecule has 1 aromatic heterocycles. The second-order valence-corrected chi connectivity index (χ2v) is 8.52. The van der Waals surface area contributed by atoms with E-state index < -0.39 is 9.84 Å². The topological polar surface area (TPSA) is 97.4 Å². The number of nitrogens with zero attached hydrogens (tertiary/aromatic N) is 1. The third kappa shape index (κ3) is 4.83. The van der Waals surface area contributed by atoms with E-state index in [1.807, 2.05) is 0 Å². The average molecular weight is 403 g/mol. The number of amides is 1. The number of thiazole rings is 1. The van der Waals surface area contributed by atoms with Gasteiger partial charge in [-0.25, -0.2) is 13.4 Å². The number of sulfone groups is 1. The van der Waals surface area contributed by atoms with Crippen molar-refractivity contribution in [3.63, 3.8) is 0 Å². The van der Waals surface area contributed by atoms with Crippen LogP contribution in [0.2, 0.25) is 0 Å². The number of ether oxygens (including phenoxy) is 1. The van der Waals surface area contributed by atoms with E-state index in [1.165, 1.54) is 23.5 Å². The highest BCUT2D eigenvalue weighted by Gasteiger charge is 2.12. The van der Waals surface area contributed by atoms with Gasteiger partial charge in [0.1, 0.15) is 11.4 Å². The van der Waals surface area contributed by atoms with Crippen molar-refractivity contribution < 1.29 is 17.9 Å². The third-order valence-electron chi connectivity index (χ3n) is 3.60. The Morgan fingerprint density at radius 3 is 2.52 bits per heavy atom. The zero-order chi connectivity index (χ0) is 19.4. The highest BCUT2D eigenvalue weighted by atomic mass is 32.2. The molecule has 0 aliphatic heterocycles. The van der Waals surface area contributed by atoms with E-state index in [0.29, 0.717) is 22.3 Å². The fraction of sp³-hybridized carbons (Fsp3) is 0.111. The summed E-state index contributed by atoms with van der Waals surface area (Å²) < 4.78 is 28.1. The minimum Gasteiger partial charge on any atom is -0.497 e. The Kier molecular flexibility index (Phi) is 5.43. The largest absolute Gasteiger partial charge is 0.497 e. The molecular formula is C18H17N3O4S2. The van der Waals surface area contributed by atoms with Gasteiger partial charge in [0.2, 0.25) is 0 Å². The minimum absolute atomic E-state index is 0.241. The third-order valence-corrected chi connectivity index (χ3v) is 5.48. The Balaban J connectivity index is 1.68. The van der Waals surface area contributed by atoms with Crippen LogP contribution in [0.3, 0.4) is 0 Å². The maximum Gasteiger partial charge on any atom is 0.275 e. The van der Waals surface area contributed by atoms with Gasteiger partial charge >= 0.3 is 0 Å². The highest BCUT2D eigenvalue weighted by Crippen LogP contribution is 2.23. The normalized spacial score (nSPS) is 11.0. The number of hydrogen-bond donors (Lipinski definition) is 2. The first-order valence-electron chi connectivity index (χ1n) is 7.83. The van der Waals surface area contributed by atoms with Crippen LogP contribution in [0.4, 0.5) is 16.5 Å². The van der Waals surface area contributed by atoms with E-state index in [1.54, 1.807) is 48.9 Å². The molecule has 2 aromatic carbocycles. The smallest absolute Gasteiger partial charge is 0.275 e. The van der Waals surface area contributed by atoms with Crippen LogP contribution in [-0.2, 0) is 9.84 Å². The fourth-order valence-electron chi connectivity index (χ4n) is 2.24. The molecule has 0 aliphatic rings. The molecule has 1 amide bonds. The molecule has 27 heavy (non-hydrogen) atoms. The molecule has 0 saturated heterocycles. The Bertz CT molecular complexity index is 1060. The summed E-state index contributed by atoms with van der Waals surface area (Å²) in [5, 5.41) is 7.98. The van der Waals surface area contributed by atoms with Crippen molar-refractivity contribution in [2.45, 2.75) is 4.90 Å². The number of benzene rings is 2. The SMILES string of the molecule is COc1cccc(NC(=O)c2csc(Nc3ccc(S(C)(=O)=O)cc3)n2)c1. The number of anilines is 3. The molecule has 0 aliphatic carbocycles. The average Bonchev–Trinajstić information content (AvgIpc) is 3.10. The highest BCUT2D eigenvalue weighted by molar-refractivity contribution is 7.90. The molecule has 0 spiro atoms. The van der Waals surface area contributed by atoms with Gasteiger partial charge in [-0.15, -0.1) is 11.3 Å². The summed E-state index contributed by atoms with van der Waals surface area (Å²) in [7, 11) is -1.68. The van der Waals surface area contributed by atoms with Gasteiger partial charge in [0.15, 0.2) is 15.0 Å². The molecular weight excluding hydrogens is 386 g/mol. The van der Waals surface area contributed by atoms with Crippen LogP contribution in [0.15, 0.2) is 58.8 Å². The lowest BCUT2D eigenvalue weighted by molar-refractivity contribution is 0.102.